The van der Waals surface area contributed by atoms with Crippen LogP contribution in [-0.2, 0) is 11.2 Å². The normalized spacial score (nSPS) is 18.0. The van der Waals surface area contributed by atoms with Crippen molar-refractivity contribution in [2.24, 2.45) is 0 Å². The van der Waals surface area contributed by atoms with Gasteiger partial charge in [-0.2, -0.15) is 0 Å². The summed E-state index contributed by atoms with van der Waals surface area (Å²) in [6.45, 7) is 10.4. The lowest BCUT2D eigenvalue weighted by Crippen LogP contribution is -2.41. The number of nitrogens with one attached hydrogen (secondary N) is 1. The lowest BCUT2D eigenvalue weighted by molar-refractivity contribution is -0.122. The zero-order chi connectivity index (χ0) is 18.9. The van der Waals surface area contributed by atoms with Crippen molar-refractivity contribution in [3.63, 3.8) is 0 Å². The van der Waals surface area contributed by atoms with Gasteiger partial charge in [-0.05, 0) is 69.4 Å². The minimum Gasteiger partial charge on any atom is -0.487 e. The quantitative estimate of drug-likeness (QED) is 0.845. The van der Waals surface area contributed by atoms with E-state index in [9.17, 15) is 4.79 Å². The van der Waals surface area contributed by atoms with Crippen molar-refractivity contribution in [2.45, 2.75) is 65.5 Å². The molecule has 3 heteroatoms. The molecule has 0 bridgehead atoms. The molecule has 0 aliphatic carbocycles. The number of carbonyl (C=O) groups excluding carboxylic acids is 1. The van der Waals surface area contributed by atoms with Gasteiger partial charge in [-0.1, -0.05) is 30.3 Å². The third-order valence-corrected chi connectivity index (χ3v) is 5.17. The molecular weight excluding hydrogens is 322 g/mol. The zero-order valence-corrected chi connectivity index (χ0v) is 16.5. The molecule has 1 amide bonds. The fraction of sp³-hybridized carbons (Fsp3) is 0.435. The van der Waals surface area contributed by atoms with Gasteiger partial charge in [-0.25, -0.2) is 0 Å². The molecule has 0 spiro atoms. The average molecular weight is 351 g/mol. The minimum atomic E-state index is -0.285. The van der Waals surface area contributed by atoms with Crippen LogP contribution in [0.15, 0.2) is 36.4 Å². The topological polar surface area (TPSA) is 38.3 Å². The summed E-state index contributed by atoms with van der Waals surface area (Å²) in [6, 6.07) is 12.6. The number of hydrogen-bond donors (Lipinski definition) is 1. The molecule has 1 aliphatic heterocycles. The van der Waals surface area contributed by atoms with E-state index in [0.29, 0.717) is 6.42 Å². The van der Waals surface area contributed by atoms with E-state index in [1.165, 1.54) is 22.3 Å². The second kappa shape index (κ2) is 7.14. The average Bonchev–Trinajstić information content (AvgIpc) is 2.54. The summed E-state index contributed by atoms with van der Waals surface area (Å²) in [6.07, 6.45) is 2.04. The van der Waals surface area contributed by atoms with Crippen LogP contribution in [0.4, 0.5) is 0 Å². The number of aryl methyl sites for hydroxylation is 4. The third-order valence-electron chi connectivity index (χ3n) is 5.17. The van der Waals surface area contributed by atoms with Crippen LogP contribution in [0, 0.1) is 20.8 Å². The van der Waals surface area contributed by atoms with E-state index in [2.05, 4.69) is 76.3 Å². The molecule has 0 aromatic heterocycles. The van der Waals surface area contributed by atoms with Gasteiger partial charge < -0.3 is 10.1 Å². The van der Waals surface area contributed by atoms with Crippen molar-refractivity contribution in [1.82, 2.24) is 5.32 Å². The number of amides is 1. The molecule has 0 saturated carbocycles. The first-order valence-electron chi connectivity index (χ1n) is 9.38. The molecule has 3 rings (SSSR count). The van der Waals surface area contributed by atoms with Gasteiger partial charge in [0.2, 0.25) is 5.91 Å². The molecule has 1 N–H and O–H groups in total. The van der Waals surface area contributed by atoms with Crippen LogP contribution < -0.4 is 10.1 Å². The standard InChI is InChI=1S/C23H29NO2/c1-15-6-10-19-20(14-23(4,5)26-21(19)12-15)24-22(25)11-9-18-8-7-16(2)17(3)13-18/h6-8,10,12-13,20H,9,11,14H2,1-5H3,(H,24,25)/t20-/m0/s1. The van der Waals surface area contributed by atoms with Crippen LogP contribution in [0.1, 0.15) is 60.5 Å². The first-order valence-corrected chi connectivity index (χ1v) is 9.38. The maximum absolute atomic E-state index is 12.6. The van der Waals surface area contributed by atoms with Crippen molar-refractivity contribution in [3.8, 4) is 5.75 Å². The summed E-state index contributed by atoms with van der Waals surface area (Å²) >= 11 is 0. The Hall–Kier alpha value is -2.29. The highest BCUT2D eigenvalue weighted by atomic mass is 16.5. The van der Waals surface area contributed by atoms with E-state index < -0.39 is 0 Å². The molecule has 0 radical (unpaired) electrons. The molecular formula is C23H29NO2. The van der Waals surface area contributed by atoms with E-state index in [0.717, 1.165) is 24.2 Å². The Bertz CT molecular complexity index is 823. The monoisotopic (exact) mass is 351 g/mol. The molecule has 138 valence electrons. The van der Waals surface area contributed by atoms with Crippen LogP contribution in [0.25, 0.3) is 0 Å². The van der Waals surface area contributed by atoms with Crippen LogP contribution >= 0.6 is 0 Å². The number of rotatable bonds is 4. The molecule has 0 saturated heterocycles. The van der Waals surface area contributed by atoms with E-state index in [1.54, 1.807) is 0 Å². The number of carbonyl (C=O) groups is 1. The van der Waals surface area contributed by atoms with E-state index in [1.807, 2.05) is 0 Å². The summed E-state index contributed by atoms with van der Waals surface area (Å²) in [5.74, 6) is 0.984. The van der Waals surface area contributed by atoms with Gasteiger partial charge in [0.15, 0.2) is 0 Å². The van der Waals surface area contributed by atoms with Crippen molar-refractivity contribution in [2.75, 3.05) is 0 Å². The Labute approximate surface area is 156 Å². The molecule has 0 unspecified atom stereocenters. The predicted octanol–water partition coefficient (Wildman–Crippen LogP) is 4.96. The number of benzene rings is 2. The zero-order valence-electron chi connectivity index (χ0n) is 16.5. The highest BCUT2D eigenvalue weighted by molar-refractivity contribution is 5.77. The van der Waals surface area contributed by atoms with E-state index in [-0.39, 0.29) is 17.6 Å². The number of ether oxygens (including phenoxy) is 1. The van der Waals surface area contributed by atoms with Crippen LogP contribution in [0.2, 0.25) is 0 Å². The van der Waals surface area contributed by atoms with Crippen LogP contribution in [0.5, 0.6) is 5.75 Å². The number of fused-ring (bicyclic) bond motifs is 1. The van der Waals surface area contributed by atoms with Crippen LogP contribution in [-0.4, -0.2) is 11.5 Å². The second-order valence-corrected chi connectivity index (χ2v) is 8.15. The van der Waals surface area contributed by atoms with Crippen molar-refractivity contribution in [3.05, 3.63) is 64.2 Å². The molecule has 1 heterocycles. The van der Waals surface area contributed by atoms with Gasteiger partial charge in [0.25, 0.3) is 0 Å². The molecule has 3 nitrogen and oxygen atoms in total. The maximum atomic E-state index is 12.6. The summed E-state index contributed by atoms with van der Waals surface area (Å²) in [5, 5.41) is 3.23. The highest BCUT2D eigenvalue weighted by Gasteiger charge is 2.34. The largest absolute Gasteiger partial charge is 0.487 e. The Balaban J connectivity index is 1.68. The van der Waals surface area contributed by atoms with Gasteiger partial charge in [-0.15, -0.1) is 0 Å². The minimum absolute atomic E-state index is 0.00149. The second-order valence-electron chi connectivity index (χ2n) is 8.15. The smallest absolute Gasteiger partial charge is 0.220 e. The fourth-order valence-corrected chi connectivity index (χ4v) is 3.57. The molecule has 1 atom stereocenters. The van der Waals surface area contributed by atoms with Gasteiger partial charge >= 0.3 is 0 Å². The molecule has 2 aromatic carbocycles. The summed E-state index contributed by atoms with van der Waals surface area (Å²) in [4.78, 5) is 12.6. The van der Waals surface area contributed by atoms with Crippen molar-refractivity contribution < 1.29 is 9.53 Å². The predicted molar refractivity (Wildman–Crippen MR) is 106 cm³/mol. The first kappa shape index (κ1) is 18.5. The van der Waals surface area contributed by atoms with E-state index >= 15 is 0 Å². The fourth-order valence-electron chi connectivity index (χ4n) is 3.57. The Kier molecular flexibility index (Phi) is 5.08. The molecule has 0 fully saturated rings. The summed E-state index contributed by atoms with van der Waals surface area (Å²) in [5.41, 5.74) is 5.74. The molecule has 1 aliphatic rings. The van der Waals surface area contributed by atoms with E-state index in [4.69, 9.17) is 4.74 Å². The van der Waals surface area contributed by atoms with Gasteiger partial charge in [0, 0.05) is 18.4 Å². The van der Waals surface area contributed by atoms with Crippen molar-refractivity contribution in [1.29, 1.82) is 0 Å². The Morgan fingerprint density at radius 1 is 1.12 bits per heavy atom. The SMILES string of the molecule is Cc1ccc2c(c1)OC(C)(C)C[C@@H]2NC(=O)CCc1ccc(C)c(C)c1. The maximum Gasteiger partial charge on any atom is 0.220 e. The third kappa shape index (κ3) is 4.27. The Morgan fingerprint density at radius 3 is 2.62 bits per heavy atom. The molecule has 26 heavy (non-hydrogen) atoms. The van der Waals surface area contributed by atoms with Gasteiger partial charge in [0.1, 0.15) is 11.4 Å². The highest BCUT2D eigenvalue weighted by Crippen LogP contribution is 2.39. The lowest BCUT2D eigenvalue weighted by Gasteiger charge is -2.38. The number of hydrogen-bond acceptors (Lipinski definition) is 2. The summed E-state index contributed by atoms with van der Waals surface area (Å²) in [7, 11) is 0. The lowest BCUT2D eigenvalue weighted by atomic mass is 9.89. The van der Waals surface area contributed by atoms with Crippen LogP contribution in [0.3, 0.4) is 0 Å². The van der Waals surface area contributed by atoms with Gasteiger partial charge in [0.05, 0.1) is 6.04 Å². The molecule has 2 aromatic rings. The van der Waals surface area contributed by atoms with Crippen molar-refractivity contribution >= 4 is 5.91 Å². The Morgan fingerprint density at radius 2 is 1.88 bits per heavy atom. The summed E-state index contributed by atoms with van der Waals surface area (Å²) < 4.78 is 6.11. The van der Waals surface area contributed by atoms with Gasteiger partial charge in [-0.3, -0.25) is 4.79 Å². The first-order chi connectivity index (χ1) is 12.2.